The summed E-state index contributed by atoms with van der Waals surface area (Å²) in [4.78, 5) is 0. The second kappa shape index (κ2) is 2.16. The average Bonchev–Trinajstić information content (AvgIpc) is 1.80. The van der Waals surface area contributed by atoms with Crippen LogP contribution in [0.25, 0.3) is 0 Å². The molecule has 68 valence electrons. The summed E-state index contributed by atoms with van der Waals surface area (Å²) in [5, 5.41) is 0. The number of hydrogen-bond donors (Lipinski definition) is 0. The largest absolute Gasteiger partial charge is 0.0730 e. The average molecular weight is 164 g/mol. The van der Waals surface area contributed by atoms with Crippen LogP contribution in [0.5, 0.6) is 0 Å². The minimum atomic E-state index is 0.509. The standard InChI is InChI=1S/C12H20/c1-9-7-12(4)6-5-10(9)11(2,3)8-12/h5-8H2,1-4H3. The molecule has 3 rings (SSSR count). The number of rotatable bonds is 0. The first-order chi connectivity index (χ1) is 5.43. The molecular weight excluding hydrogens is 144 g/mol. The van der Waals surface area contributed by atoms with E-state index in [1.165, 1.54) is 25.7 Å². The molecule has 1 unspecified atom stereocenters. The van der Waals surface area contributed by atoms with E-state index in [1.54, 1.807) is 11.1 Å². The fourth-order valence-corrected chi connectivity index (χ4v) is 3.72. The summed E-state index contributed by atoms with van der Waals surface area (Å²) >= 11 is 0. The van der Waals surface area contributed by atoms with Crippen LogP contribution >= 0.6 is 0 Å². The molecule has 0 aromatic rings. The van der Waals surface area contributed by atoms with E-state index >= 15 is 0 Å². The lowest BCUT2D eigenvalue weighted by Gasteiger charge is -2.51. The van der Waals surface area contributed by atoms with Crippen molar-refractivity contribution < 1.29 is 0 Å². The topological polar surface area (TPSA) is 0 Å². The van der Waals surface area contributed by atoms with Crippen molar-refractivity contribution in [2.45, 2.75) is 53.4 Å². The van der Waals surface area contributed by atoms with Crippen molar-refractivity contribution in [3.8, 4) is 0 Å². The third-order valence-electron chi connectivity index (χ3n) is 3.87. The predicted octanol–water partition coefficient (Wildman–Crippen LogP) is 3.92. The number of allylic oxidation sites excluding steroid dienone is 2. The zero-order valence-corrected chi connectivity index (χ0v) is 8.83. The lowest BCUT2D eigenvalue weighted by atomic mass is 9.54. The van der Waals surface area contributed by atoms with E-state index in [2.05, 4.69) is 27.7 Å². The van der Waals surface area contributed by atoms with Crippen molar-refractivity contribution in [2.75, 3.05) is 0 Å². The molecule has 0 nitrogen and oxygen atoms in total. The van der Waals surface area contributed by atoms with Gasteiger partial charge in [-0.3, -0.25) is 0 Å². The fourth-order valence-electron chi connectivity index (χ4n) is 3.72. The first-order valence-corrected chi connectivity index (χ1v) is 5.12. The van der Waals surface area contributed by atoms with Crippen LogP contribution in [0.15, 0.2) is 11.1 Å². The van der Waals surface area contributed by atoms with Crippen LogP contribution in [0.1, 0.15) is 53.4 Å². The Hall–Kier alpha value is -0.260. The zero-order chi connectivity index (χ0) is 8.98. The van der Waals surface area contributed by atoms with E-state index in [1.807, 2.05) is 0 Å². The Bertz CT molecular complexity index is 245. The second-order valence-electron chi connectivity index (χ2n) is 5.81. The molecule has 0 aromatic heterocycles. The van der Waals surface area contributed by atoms with Crippen molar-refractivity contribution in [3.05, 3.63) is 11.1 Å². The lowest BCUT2D eigenvalue weighted by molar-refractivity contribution is 0.123. The van der Waals surface area contributed by atoms with Gasteiger partial charge in [-0.25, -0.2) is 0 Å². The molecule has 1 atom stereocenters. The van der Waals surface area contributed by atoms with E-state index in [0.717, 1.165) is 0 Å². The minimum absolute atomic E-state index is 0.509. The molecular formula is C12H20. The van der Waals surface area contributed by atoms with Gasteiger partial charge in [0.25, 0.3) is 0 Å². The molecule has 0 N–H and O–H groups in total. The van der Waals surface area contributed by atoms with E-state index in [9.17, 15) is 0 Å². The van der Waals surface area contributed by atoms with Crippen LogP contribution in [0.4, 0.5) is 0 Å². The monoisotopic (exact) mass is 164 g/mol. The Morgan fingerprint density at radius 1 is 1.17 bits per heavy atom. The summed E-state index contributed by atoms with van der Waals surface area (Å²) in [5.41, 5.74) is 4.61. The van der Waals surface area contributed by atoms with Crippen LogP contribution in [-0.2, 0) is 0 Å². The van der Waals surface area contributed by atoms with E-state index < -0.39 is 0 Å². The quantitative estimate of drug-likeness (QED) is 0.476. The van der Waals surface area contributed by atoms with Crippen LogP contribution < -0.4 is 0 Å². The van der Waals surface area contributed by atoms with Crippen molar-refractivity contribution in [1.82, 2.24) is 0 Å². The molecule has 0 aromatic carbocycles. The zero-order valence-electron chi connectivity index (χ0n) is 8.83. The molecule has 12 heavy (non-hydrogen) atoms. The van der Waals surface area contributed by atoms with Crippen molar-refractivity contribution in [1.29, 1.82) is 0 Å². The molecule has 0 heteroatoms. The van der Waals surface area contributed by atoms with Crippen molar-refractivity contribution in [3.63, 3.8) is 0 Å². The van der Waals surface area contributed by atoms with E-state index in [-0.39, 0.29) is 0 Å². The van der Waals surface area contributed by atoms with Crippen LogP contribution in [0.3, 0.4) is 0 Å². The first kappa shape index (κ1) is 8.34. The van der Waals surface area contributed by atoms with Gasteiger partial charge in [-0.2, -0.15) is 0 Å². The maximum Gasteiger partial charge on any atom is -0.0137 e. The molecule has 0 aliphatic heterocycles. The van der Waals surface area contributed by atoms with E-state index in [0.29, 0.717) is 10.8 Å². The third-order valence-corrected chi connectivity index (χ3v) is 3.87. The molecule has 0 radical (unpaired) electrons. The summed E-state index contributed by atoms with van der Waals surface area (Å²) in [6.07, 6.45) is 5.58. The molecule has 0 saturated heterocycles. The second-order valence-corrected chi connectivity index (χ2v) is 5.81. The Morgan fingerprint density at radius 3 is 2.25 bits per heavy atom. The summed E-state index contributed by atoms with van der Waals surface area (Å²) in [5.74, 6) is 0. The maximum atomic E-state index is 2.47. The highest BCUT2D eigenvalue weighted by molar-refractivity contribution is 5.29. The predicted molar refractivity (Wildman–Crippen MR) is 53.1 cm³/mol. The Morgan fingerprint density at radius 2 is 1.83 bits per heavy atom. The van der Waals surface area contributed by atoms with Crippen LogP contribution in [-0.4, -0.2) is 0 Å². The van der Waals surface area contributed by atoms with Gasteiger partial charge in [-0.1, -0.05) is 31.9 Å². The Kier molecular flexibility index (Phi) is 1.50. The number of hydrogen-bond acceptors (Lipinski definition) is 0. The van der Waals surface area contributed by atoms with Crippen molar-refractivity contribution >= 4 is 0 Å². The summed E-state index contributed by atoms with van der Waals surface area (Å²) in [6, 6.07) is 0. The third kappa shape index (κ3) is 1.04. The smallest absolute Gasteiger partial charge is 0.0137 e. The Balaban J connectivity index is 2.45. The van der Waals surface area contributed by atoms with Crippen LogP contribution in [0, 0.1) is 10.8 Å². The molecule has 3 aliphatic carbocycles. The molecule has 0 heterocycles. The molecule has 1 fully saturated rings. The fraction of sp³-hybridized carbons (Fsp3) is 0.833. The van der Waals surface area contributed by atoms with Gasteiger partial charge >= 0.3 is 0 Å². The minimum Gasteiger partial charge on any atom is -0.0730 e. The van der Waals surface area contributed by atoms with E-state index in [4.69, 9.17) is 0 Å². The SMILES string of the molecule is CC1=C2CCC(C)(C1)CC2(C)C. The Labute approximate surface area is 76.1 Å². The highest BCUT2D eigenvalue weighted by Gasteiger charge is 2.44. The van der Waals surface area contributed by atoms with Gasteiger partial charge in [-0.05, 0) is 43.4 Å². The summed E-state index contributed by atoms with van der Waals surface area (Å²) in [6.45, 7) is 9.65. The molecule has 3 aliphatic rings. The lowest BCUT2D eigenvalue weighted by Crippen LogP contribution is -2.38. The molecule has 0 spiro atoms. The van der Waals surface area contributed by atoms with Gasteiger partial charge in [-0.15, -0.1) is 0 Å². The van der Waals surface area contributed by atoms with Gasteiger partial charge in [0.05, 0.1) is 0 Å². The van der Waals surface area contributed by atoms with Gasteiger partial charge in [0.2, 0.25) is 0 Å². The van der Waals surface area contributed by atoms with Crippen molar-refractivity contribution in [2.24, 2.45) is 10.8 Å². The highest BCUT2D eigenvalue weighted by atomic mass is 14.5. The highest BCUT2D eigenvalue weighted by Crippen LogP contribution is 2.57. The molecule has 0 amide bonds. The summed E-state index contributed by atoms with van der Waals surface area (Å²) in [7, 11) is 0. The van der Waals surface area contributed by atoms with Gasteiger partial charge in [0.1, 0.15) is 0 Å². The maximum absolute atomic E-state index is 2.47. The molecule has 2 bridgehead atoms. The van der Waals surface area contributed by atoms with Gasteiger partial charge < -0.3 is 0 Å². The van der Waals surface area contributed by atoms with Gasteiger partial charge in [0.15, 0.2) is 0 Å². The first-order valence-electron chi connectivity index (χ1n) is 5.12. The molecule has 1 saturated carbocycles. The van der Waals surface area contributed by atoms with Crippen LogP contribution in [0.2, 0.25) is 0 Å². The van der Waals surface area contributed by atoms with Gasteiger partial charge in [0, 0.05) is 0 Å². The number of fused-ring (bicyclic) bond motifs is 3. The summed E-state index contributed by atoms with van der Waals surface area (Å²) < 4.78 is 0. The normalized spacial score (nSPS) is 39.0.